The predicted octanol–water partition coefficient (Wildman–Crippen LogP) is -0.574. The van der Waals surface area contributed by atoms with Crippen LogP contribution >= 0.6 is 0 Å². The fourth-order valence-corrected chi connectivity index (χ4v) is 3.37. The molecule has 0 aromatic heterocycles. The summed E-state index contributed by atoms with van der Waals surface area (Å²) in [6, 6.07) is -0.337. The van der Waals surface area contributed by atoms with Crippen LogP contribution in [0.3, 0.4) is 0 Å². The molecule has 0 unspecified atom stereocenters. The van der Waals surface area contributed by atoms with Crippen LogP contribution < -0.4 is 10.6 Å². The minimum Gasteiger partial charge on any atom is -0.394 e. The summed E-state index contributed by atoms with van der Waals surface area (Å²) in [5, 5.41) is 15.4. The molecule has 0 aromatic carbocycles. The Kier molecular flexibility index (Phi) is 7.63. The van der Waals surface area contributed by atoms with E-state index in [1.54, 1.807) is 6.08 Å². The van der Waals surface area contributed by atoms with Gasteiger partial charge in [0.15, 0.2) is 0 Å². The lowest BCUT2D eigenvalue weighted by Crippen LogP contribution is -2.49. The maximum Gasteiger partial charge on any atom is 0.223 e. The van der Waals surface area contributed by atoms with Crippen molar-refractivity contribution in [2.45, 2.75) is 43.9 Å². The van der Waals surface area contributed by atoms with E-state index in [0.29, 0.717) is 6.54 Å². The van der Waals surface area contributed by atoms with Gasteiger partial charge in [-0.3, -0.25) is 14.5 Å². The summed E-state index contributed by atoms with van der Waals surface area (Å²) in [5.74, 6) is 0.0608. The van der Waals surface area contributed by atoms with Crippen molar-refractivity contribution in [3.05, 3.63) is 12.2 Å². The molecule has 1 saturated heterocycles. The van der Waals surface area contributed by atoms with Crippen LogP contribution in [0.5, 0.6) is 0 Å². The van der Waals surface area contributed by atoms with Crippen molar-refractivity contribution < 1.29 is 24.2 Å². The monoisotopic (exact) mass is 381 g/mol. The van der Waals surface area contributed by atoms with E-state index in [4.69, 9.17) is 9.47 Å². The highest BCUT2D eigenvalue weighted by Crippen LogP contribution is 2.29. The molecule has 1 aliphatic carbocycles. The largest absolute Gasteiger partial charge is 0.394 e. The molecular formula is C19H31N3O5. The molecule has 0 bridgehead atoms. The molecule has 3 atom stereocenters. The second-order valence-electron chi connectivity index (χ2n) is 7.45. The standard InChI is InChI=1S/C19H31N3O5/c23-13-17-16(21-19(25)14-2-3-14)5-4-15(27-17)12-18(24)20-6-1-7-22-8-10-26-11-9-22/h4-5,14-17,23H,1-3,6-13H2,(H,20,24)(H,21,25)/t15-,16+,17+/m0/s1. The van der Waals surface area contributed by atoms with Crippen LogP contribution in [-0.4, -0.2) is 86.1 Å². The minimum atomic E-state index is -0.517. The molecule has 2 fully saturated rings. The van der Waals surface area contributed by atoms with Gasteiger partial charge in [-0.15, -0.1) is 0 Å². The number of nitrogens with one attached hydrogen (secondary N) is 2. The summed E-state index contributed by atoms with van der Waals surface area (Å²) in [6.45, 7) is 4.87. The zero-order valence-corrected chi connectivity index (χ0v) is 15.8. The molecule has 152 valence electrons. The van der Waals surface area contributed by atoms with Gasteiger partial charge in [-0.2, -0.15) is 0 Å². The fourth-order valence-electron chi connectivity index (χ4n) is 3.37. The Bertz CT molecular complexity index is 531. The van der Waals surface area contributed by atoms with Gasteiger partial charge in [-0.1, -0.05) is 12.2 Å². The molecule has 2 heterocycles. The Hall–Kier alpha value is -1.48. The first kappa shape index (κ1) is 20.3. The number of hydrogen-bond acceptors (Lipinski definition) is 6. The van der Waals surface area contributed by atoms with Crippen molar-refractivity contribution in [3.8, 4) is 0 Å². The molecule has 3 rings (SSSR count). The first-order chi connectivity index (χ1) is 13.2. The quantitative estimate of drug-likeness (QED) is 0.365. The summed E-state index contributed by atoms with van der Waals surface area (Å²) in [4.78, 5) is 26.4. The smallest absolute Gasteiger partial charge is 0.223 e. The molecule has 3 aliphatic rings. The highest BCUT2D eigenvalue weighted by Gasteiger charge is 2.34. The van der Waals surface area contributed by atoms with Crippen molar-refractivity contribution in [1.29, 1.82) is 0 Å². The maximum absolute atomic E-state index is 12.1. The number of aliphatic hydroxyl groups excluding tert-OH is 1. The normalized spacial score (nSPS) is 28.7. The second-order valence-corrected chi connectivity index (χ2v) is 7.45. The van der Waals surface area contributed by atoms with Gasteiger partial charge in [-0.05, 0) is 25.8 Å². The lowest BCUT2D eigenvalue weighted by atomic mass is 10.0. The third kappa shape index (κ3) is 6.57. The van der Waals surface area contributed by atoms with Crippen molar-refractivity contribution in [2.75, 3.05) is 46.0 Å². The van der Waals surface area contributed by atoms with Crippen LogP contribution in [0.2, 0.25) is 0 Å². The summed E-state index contributed by atoms with van der Waals surface area (Å²) < 4.78 is 11.1. The zero-order valence-electron chi connectivity index (χ0n) is 15.8. The topological polar surface area (TPSA) is 100 Å². The number of hydrogen-bond donors (Lipinski definition) is 3. The highest BCUT2D eigenvalue weighted by atomic mass is 16.5. The van der Waals surface area contributed by atoms with Crippen molar-refractivity contribution >= 4 is 11.8 Å². The van der Waals surface area contributed by atoms with Gasteiger partial charge in [0, 0.05) is 25.6 Å². The summed E-state index contributed by atoms with van der Waals surface area (Å²) >= 11 is 0. The van der Waals surface area contributed by atoms with E-state index in [1.807, 2.05) is 6.08 Å². The lowest BCUT2D eigenvalue weighted by Gasteiger charge is -2.31. The third-order valence-electron chi connectivity index (χ3n) is 5.18. The van der Waals surface area contributed by atoms with E-state index in [1.165, 1.54) is 0 Å². The van der Waals surface area contributed by atoms with Gasteiger partial charge in [0.25, 0.3) is 0 Å². The van der Waals surface area contributed by atoms with Gasteiger partial charge in [-0.25, -0.2) is 0 Å². The molecule has 27 heavy (non-hydrogen) atoms. The Labute approximate surface area is 160 Å². The molecule has 1 saturated carbocycles. The van der Waals surface area contributed by atoms with E-state index in [2.05, 4.69) is 15.5 Å². The Morgan fingerprint density at radius 3 is 2.67 bits per heavy atom. The van der Waals surface area contributed by atoms with Crippen LogP contribution in [0.1, 0.15) is 25.7 Å². The van der Waals surface area contributed by atoms with E-state index in [9.17, 15) is 14.7 Å². The number of nitrogens with zero attached hydrogens (tertiary/aromatic N) is 1. The van der Waals surface area contributed by atoms with Gasteiger partial charge in [0.1, 0.15) is 6.10 Å². The number of carbonyl (C=O) groups excluding carboxylic acids is 2. The first-order valence-corrected chi connectivity index (χ1v) is 9.97. The van der Waals surface area contributed by atoms with Crippen LogP contribution in [0.25, 0.3) is 0 Å². The number of aliphatic hydroxyl groups is 1. The molecule has 3 N–H and O–H groups in total. The summed E-state index contributed by atoms with van der Waals surface area (Å²) in [5.41, 5.74) is 0. The van der Waals surface area contributed by atoms with Crippen LogP contribution in [0.4, 0.5) is 0 Å². The zero-order chi connectivity index (χ0) is 19.1. The molecule has 2 amide bonds. The number of morpholine rings is 1. The van der Waals surface area contributed by atoms with Gasteiger partial charge in [0.2, 0.25) is 11.8 Å². The first-order valence-electron chi connectivity index (χ1n) is 9.97. The number of ether oxygens (including phenoxy) is 2. The minimum absolute atomic E-state index is 0.0168. The Morgan fingerprint density at radius 2 is 1.96 bits per heavy atom. The number of rotatable bonds is 9. The van der Waals surface area contributed by atoms with Crippen LogP contribution in [0.15, 0.2) is 12.2 Å². The average molecular weight is 381 g/mol. The van der Waals surface area contributed by atoms with Gasteiger partial charge in [0.05, 0.1) is 38.4 Å². The van der Waals surface area contributed by atoms with Gasteiger partial charge >= 0.3 is 0 Å². The number of carbonyl (C=O) groups is 2. The SMILES string of the molecule is O=C(C[C@@H]1C=C[C@@H](NC(=O)C2CC2)[C@@H](CO)O1)NCCCN1CCOCC1. The molecule has 8 heteroatoms. The Morgan fingerprint density at radius 1 is 1.19 bits per heavy atom. The van der Waals surface area contributed by atoms with E-state index >= 15 is 0 Å². The summed E-state index contributed by atoms with van der Waals surface area (Å²) in [7, 11) is 0. The molecule has 0 radical (unpaired) electrons. The second kappa shape index (κ2) is 10.2. The van der Waals surface area contributed by atoms with E-state index < -0.39 is 6.10 Å². The highest BCUT2D eigenvalue weighted by molar-refractivity contribution is 5.81. The van der Waals surface area contributed by atoms with Crippen molar-refractivity contribution in [2.24, 2.45) is 5.92 Å². The van der Waals surface area contributed by atoms with Crippen LogP contribution in [0, 0.1) is 5.92 Å². The van der Waals surface area contributed by atoms with Crippen LogP contribution in [-0.2, 0) is 19.1 Å². The fraction of sp³-hybridized carbons (Fsp3) is 0.789. The molecule has 0 aromatic rings. The summed E-state index contributed by atoms with van der Waals surface area (Å²) in [6.07, 6.45) is 5.73. The lowest BCUT2D eigenvalue weighted by molar-refractivity contribution is -0.128. The molecule has 2 aliphatic heterocycles. The molecular weight excluding hydrogens is 350 g/mol. The van der Waals surface area contributed by atoms with Crippen molar-refractivity contribution in [3.63, 3.8) is 0 Å². The predicted molar refractivity (Wildman–Crippen MR) is 99.0 cm³/mol. The molecule has 8 nitrogen and oxygen atoms in total. The van der Waals surface area contributed by atoms with Gasteiger partial charge < -0.3 is 25.2 Å². The number of amides is 2. The average Bonchev–Trinajstić information content (AvgIpc) is 3.52. The third-order valence-corrected chi connectivity index (χ3v) is 5.18. The molecule has 0 spiro atoms. The van der Waals surface area contributed by atoms with Crippen molar-refractivity contribution in [1.82, 2.24) is 15.5 Å². The Balaban J connectivity index is 1.34. The van der Waals surface area contributed by atoms with E-state index in [-0.39, 0.29) is 42.9 Å². The van der Waals surface area contributed by atoms with E-state index in [0.717, 1.165) is 52.1 Å². The maximum atomic E-state index is 12.1.